The van der Waals surface area contributed by atoms with Crippen LogP contribution in [-0.2, 0) is 4.79 Å². The van der Waals surface area contributed by atoms with E-state index in [1.165, 1.54) is 25.9 Å². The van der Waals surface area contributed by atoms with Crippen LogP contribution in [0.3, 0.4) is 0 Å². The van der Waals surface area contributed by atoms with Gasteiger partial charge in [-0.05, 0) is 50.9 Å². The van der Waals surface area contributed by atoms with E-state index in [2.05, 4.69) is 49.2 Å². The lowest BCUT2D eigenvalue weighted by Crippen LogP contribution is -2.33. The maximum absolute atomic E-state index is 12.1. The normalized spacial score (nSPS) is 14.0. The highest BCUT2D eigenvalue weighted by Gasteiger charge is 2.16. The molecule has 0 bridgehead atoms. The number of benzene rings is 2. The first-order valence-electron chi connectivity index (χ1n) is 11.5. The minimum atomic E-state index is 0.160. The van der Waals surface area contributed by atoms with Crippen LogP contribution >= 0.6 is 11.8 Å². The van der Waals surface area contributed by atoms with Crippen LogP contribution < -0.4 is 5.32 Å². The number of nitrogens with one attached hydrogen (secondary N) is 1. The fourth-order valence-corrected chi connectivity index (χ4v) is 4.90. The smallest absolute Gasteiger partial charge is 0.220 e. The Morgan fingerprint density at radius 1 is 0.938 bits per heavy atom. The van der Waals surface area contributed by atoms with E-state index < -0.39 is 0 Å². The van der Waals surface area contributed by atoms with Crippen molar-refractivity contribution < 1.29 is 4.79 Å². The van der Waals surface area contributed by atoms with Gasteiger partial charge < -0.3 is 10.2 Å². The summed E-state index contributed by atoms with van der Waals surface area (Å²) in [6.45, 7) is 4.08. The number of rotatable bonds is 11. The third-order valence-corrected chi connectivity index (χ3v) is 6.67. The number of thioether (sulfide) groups is 1. The molecular weight excluding hydrogens is 418 g/mol. The Kier molecular flexibility index (Phi) is 8.34. The van der Waals surface area contributed by atoms with E-state index in [0.717, 1.165) is 53.9 Å². The van der Waals surface area contributed by atoms with Gasteiger partial charge in [0.25, 0.3) is 0 Å². The first kappa shape index (κ1) is 22.6. The topological polar surface area (TPSA) is 63.1 Å². The van der Waals surface area contributed by atoms with Gasteiger partial charge in [-0.2, -0.15) is 0 Å². The number of amides is 1. The van der Waals surface area contributed by atoms with Gasteiger partial charge in [-0.25, -0.2) is 0 Å². The molecule has 0 saturated carbocycles. The van der Waals surface area contributed by atoms with Crippen molar-refractivity contribution in [3.8, 4) is 17.1 Å². The summed E-state index contributed by atoms with van der Waals surface area (Å²) >= 11 is 1.69. The van der Waals surface area contributed by atoms with E-state index >= 15 is 0 Å². The Hall–Kier alpha value is -2.64. The minimum absolute atomic E-state index is 0.160. The van der Waals surface area contributed by atoms with Gasteiger partial charge in [-0.15, -0.1) is 10.2 Å². The molecule has 1 saturated heterocycles. The van der Waals surface area contributed by atoms with Gasteiger partial charge in [0.1, 0.15) is 0 Å². The lowest BCUT2D eigenvalue weighted by molar-refractivity contribution is -0.121. The van der Waals surface area contributed by atoms with Crippen molar-refractivity contribution in [2.24, 2.45) is 0 Å². The monoisotopic (exact) mass is 449 g/mol. The molecule has 2 heterocycles. The van der Waals surface area contributed by atoms with Crippen molar-refractivity contribution in [2.45, 2.75) is 37.3 Å². The predicted octanol–water partition coefficient (Wildman–Crippen LogP) is 4.41. The van der Waals surface area contributed by atoms with Gasteiger partial charge in [-0.3, -0.25) is 9.36 Å². The minimum Gasteiger partial charge on any atom is -0.355 e. The van der Waals surface area contributed by atoms with Crippen LogP contribution in [-0.4, -0.2) is 57.5 Å². The van der Waals surface area contributed by atoms with Crippen LogP contribution in [0.2, 0.25) is 0 Å². The van der Waals surface area contributed by atoms with Crippen LogP contribution in [0.15, 0.2) is 65.8 Å². The molecule has 1 N–H and O–H groups in total. The largest absolute Gasteiger partial charge is 0.355 e. The average Bonchev–Trinajstić information content (AvgIpc) is 3.50. The molecule has 32 heavy (non-hydrogen) atoms. The van der Waals surface area contributed by atoms with Crippen LogP contribution in [0.4, 0.5) is 0 Å². The Morgan fingerprint density at radius 2 is 1.66 bits per heavy atom. The lowest BCUT2D eigenvalue weighted by atomic mass is 10.2. The van der Waals surface area contributed by atoms with E-state index in [1.54, 1.807) is 11.8 Å². The highest BCUT2D eigenvalue weighted by atomic mass is 32.2. The lowest BCUT2D eigenvalue weighted by Gasteiger charge is -2.14. The highest BCUT2D eigenvalue weighted by Crippen LogP contribution is 2.28. The molecule has 0 aliphatic carbocycles. The van der Waals surface area contributed by atoms with Crippen molar-refractivity contribution in [3.63, 3.8) is 0 Å². The Morgan fingerprint density at radius 3 is 2.41 bits per heavy atom. The van der Waals surface area contributed by atoms with Crippen LogP contribution in [0, 0.1) is 0 Å². The third kappa shape index (κ3) is 6.20. The van der Waals surface area contributed by atoms with Gasteiger partial charge in [0.15, 0.2) is 11.0 Å². The zero-order chi connectivity index (χ0) is 22.0. The van der Waals surface area contributed by atoms with Gasteiger partial charge in [0.2, 0.25) is 5.91 Å². The van der Waals surface area contributed by atoms with Crippen molar-refractivity contribution in [2.75, 3.05) is 31.9 Å². The molecule has 1 aliphatic heterocycles. The van der Waals surface area contributed by atoms with Crippen LogP contribution in [0.5, 0.6) is 0 Å². The summed E-state index contributed by atoms with van der Waals surface area (Å²) in [5.74, 6) is 1.91. The maximum atomic E-state index is 12.1. The van der Waals surface area contributed by atoms with Gasteiger partial charge in [0.05, 0.1) is 0 Å². The number of nitrogens with zero attached hydrogens (tertiary/aromatic N) is 4. The van der Waals surface area contributed by atoms with Crippen molar-refractivity contribution in [1.82, 2.24) is 25.0 Å². The second-order valence-corrected chi connectivity index (χ2v) is 9.11. The summed E-state index contributed by atoms with van der Waals surface area (Å²) in [7, 11) is 0. The first-order valence-corrected chi connectivity index (χ1v) is 12.5. The highest BCUT2D eigenvalue weighted by molar-refractivity contribution is 7.99. The molecule has 4 rings (SSSR count). The number of hydrogen-bond donors (Lipinski definition) is 1. The predicted molar refractivity (Wildman–Crippen MR) is 130 cm³/mol. The van der Waals surface area contributed by atoms with E-state index in [4.69, 9.17) is 0 Å². The third-order valence-electron chi connectivity index (χ3n) is 5.66. The second-order valence-electron chi connectivity index (χ2n) is 8.05. The molecule has 0 atom stereocenters. The number of aromatic nitrogens is 3. The molecule has 1 amide bonds. The van der Waals surface area contributed by atoms with Crippen molar-refractivity contribution >= 4 is 17.7 Å². The molecule has 3 aromatic rings. The Bertz CT molecular complexity index is 971. The van der Waals surface area contributed by atoms with Crippen molar-refractivity contribution in [3.05, 3.63) is 60.7 Å². The van der Waals surface area contributed by atoms with Gasteiger partial charge >= 0.3 is 0 Å². The molecule has 7 heteroatoms. The quantitative estimate of drug-likeness (QED) is 0.347. The number of carbonyl (C=O) groups excluding carboxylic acids is 1. The average molecular weight is 450 g/mol. The van der Waals surface area contributed by atoms with Crippen LogP contribution in [0.1, 0.15) is 32.1 Å². The fourth-order valence-electron chi connectivity index (χ4n) is 3.95. The summed E-state index contributed by atoms with van der Waals surface area (Å²) in [5, 5.41) is 12.9. The molecule has 168 valence electrons. The Balaban J connectivity index is 1.27. The summed E-state index contributed by atoms with van der Waals surface area (Å²) in [6, 6.07) is 20.4. The molecular formula is C25H31N5OS. The zero-order valence-electron chi connectivity index (χ0n) is 18.4. The number of hydrogen-bond acceptors (Lipinski definition) is 5. The van der Waals surface area contributed by atoms with E-state index in [0.29, 0.717) is 6.42 Å². The van der Waals surface area contributed by atoms with Crippen LogP contribution in [0.25, 0.3) is 17.1 Å². The van der Waals surface area contributed by atoms with E-state index in [1.807, 2.05) is 36.4 Å². The zero-order valence-corrected chi connectivity index (χ0v) is 19.3. The number of carbonyl (C=O) groups is 1. The van der Waals surface area contributed by atoms with E-state index in [-0.39, 0.29) is 5.91 Å². The number of likely N-dealkylation sites (tertiary alicyclic amines) is 1. The van der Waals surface area contributed by atoms with E-state index in [9.17, 15) is 4.79 Å². The van der Waals surface area contributed by atoms with Gasteiger partial charge in [0, 0.05) is 36.5 Å². The standard InChI is InChI=1S/C25H31N5OS/c31-23(26-16-19-29-17-8-9-18-29)15-7-10-20-32-25-28-27-24(21-11-3-1-4-12-21)30(25)22-13-5-2-6-14-22/h1-6,11-14H,7-10,15-20H2,(H,26,31). The summed E-state index contributed by atoms with van der Waals surface area (Å²) in [4.78, 5) is 14.5. The molecule has 1 fully saturated rings. The maximum Gasteiger partial charge on any atom is 0.220 e. The molecule has 6 nitrogen and oxygen atoms in total. The van der Waals surface area contributed by atoms with Crippen molar-refractivity contribution in [1.29, 1.82) is 0 Å². The summed E-state index contributed by atoms with van der Waals surface area (Å²) in [6.07, 6.45) is 5.01. The SMILES string of the molecule is O=C(CCCCSc1nnc(-c2ccccc2)n1-c1ccccc1)NCCN1CCCC1. The summed E-state index contributed by atoms with van der Waals surface area (Å²) in [5.41, 5.74) is 2.09. The molecule has 1 aliphatic rings. The molecule has 2 aromatic carbocycles. The molecule has 1 aromatic heterocycles. The molecule has 0 radical (unpaired) electrons. The molecule has 0 spiro atoms. The number of para-hydroxylation sites is 1. The molecule has 0 unspecified atom stereocenters. The number of unbranched alkanes of at least 4 members (excludes halogenated alkanes) is 1. The van der Waals surface area contributed by atoms with Gasteiger partial charge in [-0.1, -0.05) is 60.3 Å². The first-order chi connectivity index (χ1) is 15.8. The summed E-state index contributed by atoms with van der Waals surface area (Å²) < 4.78 is 2.12. The fraction of sp³-hybridized carbons (Fsp3) is 0.400. The Labute approximate surface area is 194 Å². The second kappa shape index (κ2) is 11.8.